The minimum Gasteiger partial charge on any atom is -0.414 e. The fraction of sp³-hybridized carbons (Fsp3) is 0.840. The van der Waals surface area contributed by atoms with Gasteiger partial charge in [-0.1, -0.05) is 51.7 Å². The third kappa shape index (κ3) is 4.59. The van der Waals surface area contributed by atoms with E-state index in [1.165, 1.54) is 0 Å². The van der Waals surface area contributed by atoms with E-state index in [2.05, 4.69) is 52.8 Å². The summed E-state index contributed by atoms with van der Waals surface area (Å²) in [6, 6.07) is 0. The maximum absolute atomic E-state index is 13.0. The lowest BCUT2D eigenvalue weighted by Gasteiger charge is -2.49. The standard InChI is InChI=1S/C25H36F6O2Si/c1-20(2,3)34(5,6)33-18-9-7-12-21(4)17(18)10-11-19(21)22(15-16-22)13-8-14-23(32,24(26,27)28)25(29,30)31/h11,17-18,32H,7,9-10,12-13,15-16H2,1-6H3/t17-,18-,21+/m0/s1. The van der Waals surface area contributed by atoms with Gasteiger partial charge in [-0.15, -0.1) is 0 Å². The predicted molar refractivity (Wildman–Crippen MR) is 121 cm³/mol. The quantitative estimate of drug-likeness (QED) is 0.183. The van der Waals surface area contributed by atoms with Gasteiger partial charge in [0.25, 0.3) is 0 Å². The molecule has 0 unspecified atom stereocenters. The molecule has 3 aliphatic rings. The Morgan fingerprint density at radius 2 is 1.62 bits per heavy atom. The van der Waals surface area contributed by atoms with E-state index in [-0.39, 0.29) is 28.9 Å². The van der Waals surface area contributed by atoms with Gasteiger partial charge in [0.05, 0.1) is 0 Å². The zero-order valence-corrected chi connectivity index (χ0v) is 21.8. The largest absolute Gasteiger partial charge is 0.438 e. The van der Waals surface area contributed by atoms with Gasteiger partial charge in [0.15, 0.2) is 8.32 Å². The summed E-state index contributed by atoms with van der Waals surface area (Å²) in [6.07, 6.45) is -4.71. The molecule has 2 saturated carbocycles. The van der Waals surface area contributed by atoms with Gasteiger partial charge < -0.3 is 9.53 Å². The zero-order chi connectivity index (χ0) is 26.0. The monoisotopic (exact) mass is 510 g/mol. The Kier molecular flexibility index (Phi) is 6.72. The van der Waals surface area contributed by atoms with Gasteiger partial charge in [-0.25, -0.2) is 0 Å². The second-order valence-electron chi connectivity index (χ2n) is 12.2. The van der Waals surface area contributed by atoms with Crippen LogP contribution in [-0.2, 0) is 4.43 Å². The average Bonchev–Trinajstić information content (AvgIpc) is 3.32. The average molecular weight is 511 g/mol. The molecule has 0 aromatic heterocycles. The van der Waals surface area contributed by atoms with Crippen molar-refractivity contribution in [2.24, 2.45) is 16.7 Å². The van der Waals surface area contributed by atoms with Crippen LogP contribution in [0.4, 0.5) is 26.3 Å². The normalized spacial score (nSPS) is 29.7. The van der Waals surface area contributed by atoms with Crippen molar-refractivity contribution in [3.63, 3.8) is 0 Å². The molecule has 3 rings (SSSR count). The van der Waals surface area contributed by atoms with Gasteiger partial charge in [0.1, 0.15) is 0 Å². The Labute approximate surface area is 199 Å². The third-order valence-electron chi connectivity index (χ3n) is 8.84. The summed E-state index contributed by atoms with van der Waals surface area (Å²) in [5.41, 5.74) is -4.61. The molecule has 3 aliphatic carbocycles. The summed E-state index contributed by atoms with van der Waals surface area (Å²) in [5.74, 6) is 3.49. The van der Waals surface area contributed by atoms with Gasteiger partial charge in [0.2, 0.25) is 0 Å². The highest BCUT2D eigenvalue weighted by molar-refractivity contribution is 6.74. The zero-order valence-electron chi connectivity index (χ0n) is 20.8. The van der Waals surface area contributed by atoms with E-state index in [0.29, 0.717) is 12.8 Å². The first-order chi connectivity index (χ1) is 15.2. The van der Waals surface area contributed by atoms with Crippen molar-refractivity contribution in [1.82, 2.24) is 0 Å². The van der Waals surface area contributed by atoms with Crippen LogP contribution in [0.2, 0.25) is 18.1 Å². The first-order valence-electron chi connectivity index (χ1n) is 12.0. The molecule has 0 heterocycles. The maximum Gasteiger partial charge on any atom is 0.438 e. The van der Waals surface area contributed by atoms with Crippen LogP contribution >= 0.6 is 0 Å². The second-order valence-corrected chi connectivity index (χ2v) is 16.9. The Hall–Kier alpha value is -0.983. The van der Waals surface area contributed by atoms with Crippen molar-refractivity contribution in [2.45, 2.75) is 115 Å². The molecule has 0 radical (unpaired) electrons. The SMILES string of the molecule is CC(C)(C)[Si](C)(C)O[C@H]1CCC[C@@]2(C)C(C3(CC#CC(O)(C(F)(F)F)C(F)(F)F)CC3)=CC[C@@H]12. The molecule has 1 N–H and O–H groups in total. The second kappa shape index (κ2) is 8.27. The van der Waals surface area contributed by atoms with Crippen molar-refractivity contribution in [3.05, 3.63) is 11.6 Å². The number of rotatable bonds is 4. The van der Waals surface area contributed by atoms with E-state index < -0.39 is 31.7 Å². The number of alkyl halides is 6. The topological polar surface area (TPSA) is 29.5 Å². The molecule has 0 bridgehead atoms. The molecule has 34 heavy (non-hydrogen) atoms. The molecule has 0 saturated heterocycles. The molecule has 2 fully saturated rings. The lowest BCUT2D eigenvalue weighted by molar-refractivity contribution is -0.343. The number of fused-ring (bicyclic) bond motifs is 1. The Balaban J connectivity index is 1.82. The van der Waals surface area contributed by atoms with Crippen LogP contribution in [0.1, 0.15) is 72.6 Å². The molecule has 0 aliphatic heterocycles. The van der Waals surface area contributed by atoms with Crippen molar-refractivity contribution in [2.75, 3.05) is 0 Å². The van der Waals surface area contributed by atoms with Gasteiger partial charge in [-0.3, -0.25) is 0 Å². The minimum absolute atomic E-state index is 0.0662. The van der Waals surface area contributed by atoms with Crippen molar-refractivity contribution in [3.8, 4) is 11.8 Å². The highest BCUT2D eigenvalue weighted by Gasteiger charge is 2.70. The van der Waals surface area contributed by atoms with E-state index in [0.717, 1.165) is 37.2 Å². The summed E-state index contributed by atoms with van der Waals surface area (Å²) in [7, 11) is -2.00. The lowest BCUT2D eigenvalue weighted by Crippen LogP contribution is -2.55. The number of allylic oxidation sites excluding steroid dienone is 2. The summed E-state index contributed by atoms with van der Waals surface area (Å²) in [5, 5.41) is 9.43. The molecule has 0 aromatic carbocycles. The number of halogens is 6. The summed E-state index contributed by atoms with van der Waals surface area (Å²) < 4.78 is 84.7. The van der Waals surface area contributed by atoms with Crippen LogP contribution in [0.25, 0.3) is 0 Å². The van der Waals surface area contributed by atoms with Crippen LogP contribution < -0.4 is 0 Å². The van der Waals surface area contributed by atoms with Crippen LogP contribution in [0.5, 0.6) is 0 Å². The van der Waals surface area contributed by atoms with E-state index in [1.54, 1.807) is 0 Å². The van der Waals surface area contributed by atoms with E-state index in [1.807, 2.05) is 0 Å². The Bertz CT molecular complexity index is 868. The van der Waals surface area contributed by atoms with E-state index in [4.69, 9.17) is 4.43 Å². The van der Waals surface area contributed by atoms with Crippen LogP contribution in [0.15, 0.2) is 11.6 Å². The smallest absolute Gasteiger partial charge is 0.414 e. The first-order valence-corrected chi connectivity index (χ1v) is 14.9. The minimum atomic E-state index is -5.92. The molecule has 0 spiro atoms. The van der Waals surface area contributed by atoms with E-state index >= 15 is 0 Å². The summed E-state index contributed by atoms with van der Waals surface area (Å²) in [4.78, 5) is 0. The molecular weight excluding hydrogens is 474 g/mol. The van der Waals surface area contributed by atoms with Crippen molar-refractivity contribution >= 4 is 8.32 Å². The molecular formula is C25H36F6O2Si. The van der Waals surface area contributed by atoms with Crippen LogP contribution in [0, 0.1) is 28.6 Å². The first kappa shape index (κ1) is 27.6. The van der Waals surface area contributed by atoms with Gasteiger partial charge >= 0.3 is 18.0 Å². The Morgan fingerprint density at radius 1 is 1.06 bits per heavy atom. The lowest BCUT2D eigenvalue weighted by atomic mass is 9.62. The number of aliphatic hydroxyl groups is 1. The summed E-state index contributed by atoms with van der Waals surface area (Å²) in [6.45, 7) is 13.2. The van der Waals surface area contributed by atoms with Crippen LogP contribution in [-0.4, -0.2) is 37.5 Å². The summed E-state index contributed by atoms with van der Waals surface area (Å²) >= 11 is 0. The van der Waals surface area contributed by atoms with Gasteiger partial charge in [-0.05, 0) is 67.5 Å². The van der Waals surface area contributed by atoms with Crippen molar-refractivity contribution < 1.29 is 35.9 Å². The molecule has 0 amide bonds. The maximum atomic E-state index is 13.0. The fourth-order valence-corrected chi connectivity index (χ4v) is 6.94. The Morgan fingerprint density at radius 3 is 2.09 bits per heavy atom. The highest BCUT2D eigenvalue weighted by Crippen LogP contribution is 2.67. The van der Waals surface area contributed by atoms with Crippen LogP contribution in [0.3, 0.4) is 0 Å². The van der Waals surface area contributed by atoms with E-state index in [9.17, 15) is 31.4 Å². The van der Waals surface area contributed by atoms with Gasteiger partial charge in [0, 0.05) is 17.9 Å². The number of hydrogen-bond donors (Lipinski definition) is 1. The molecule has 2 nitrogen and oxygen atoms in total. The number of hydrogen-bond acceptors (Lipinski definition) is 2. The van der Waals surface area contributed by atoms with Crippen molar-refractivity contribution in [1.29, 1.82) is 0 Å². The van der Waals surface area contributed by atoms with Gasteiger partial charge in [-0.2, -0.15) is 26.3 Å². The third-order valence-corrected chi connectivity index (χ3v) is 13.3. The molecule has 194 valence electrons. The molecule has 3 atom stereocenters. The highest BCUT2D eigenvalue weighted by atomic mass is 28.4. The fourth-order valence-electron chi connectivity index (χ4n) is 5.55. The molecule has 0 aromatic rings. The molecule has 9 heteroatoms. The predicted octanol–water partition coefficient (Wildman–Crippen LogP) is 7.54.